The number of nitrogens with one attached hydrogen (secondary N) is 1. The van der Waals surface area contributed by atoms with Gasteiger partial charge in [0.2, 0.25) is 0 Å². The van der Waals surface area contributed by atoms with Crippen LogP contribution in [0, 0.1) is 0 Å². The van der Waals surface area contributed by atoms with Gasteiger partial charge in [-0.15, -0.1) is 0 Å². The van der Waals surface area contributed by atoms with Crippen LogP contribution in [0.3, 0.4) is 0 Å². The van der Waals surface area contributed by atoms with E-state index < -0.39 is 0 Å². The number of nitrogens with two attached hydrogens (primary N) is 1. The third-order valence-corrected chi connectivity index (χ3v) is 4.61. The minimum absolute atomic E-state index is 0.105. The summed E-state index contributed by atoms with van der Waals surface area (Å²) in [5.41, 5.74) is 12.7. The largest absolute Gasteiger partial charge is 0.489 e. The number of ether oxygens (including phenoxy) is 1. The van der Waals surface area contributed by atoms with E-state index in [1.807, 2.05) is 95.8 Å². The topological polar surface area (TPSA) is 77.5 Å². The van der Waals surface area contributed by atoms with Crippen LogP contribution in [0.4, 0.5) is 0 Å². The fourth-order valence-electron chi connectivity index (χ4n) is 3.03. The van der Waals surface area contributed by atoms with Gasteiger partial charge in [-0.3, -0.25) is 5.43 Å². The molecular weight excluding hydrogens is 406 g/mol. The molecule has 0 bridgehead atoms. The molecule has 154 valence electrons. The normalized spacial score (nSPS) is 10.8. The molecule has 0 amide bonds. The number of nitrogens with zero attached hydrogens (tertiary/aromatic N) is 3. The summed E-state index contributed by atoms with van der Waals surface area (Å²) in [5, 5.41) is 8.96. The maximum Gasteiger partial charge on any atom is 0.184 e. The third-order valence-electron chi connectivity index (χ3n) is 4.52. The summed E-state index contributed by atoms with van der Waals surface area (Å²) in [5.74, 6) is 0.792. The Kier molecular flexibility index (Phi) is 6.35. The molecule has 31 heavy (non-hydrogen) atoms. The number of benzene rings is 3. The predicted molar refractivity (Wildman–Crippen MR) is 127 cm³/mol. The van der Waals surface area contributed by atoms with E-state index in [0.717, 1.165) is 33.8 Å². The maximum atomic E-state index is 5.89. The van der Waals surface area contributed by atoms with E-state index in [4.69, 9.17) is 27.8 Å². The molecule has 0 saturated carbocycles. The molecule has 0 fully saturated rings. The number of thiocarbonyl (C=S) groups is 1. The molecule has 1 aromatic heterocycles. The smallest absolute Gasteiger partial charge is 0.184 e. The second kappa shape index (κ2) is 9.69. The minimum atomic E-state index is 0.105. The van der Waals surface area contributed by atoms with Crippen molar-refractivity contribution in [3.63, 3.8) is 0 Å². The Morgan fingerprint density at radius 2 is 1.68 bits per heavy atom. The van der Waals surface area contributed by atoms with Crippen LogP contribution >= 0.6 is 12.2 Å². The molecule has 6 nitrogen and oxygen atoms in total. The van der Waals surface area contributed by atoms with Gasteiger partial charge in [0.25, 0.3) is 0 Å². The Bertz CT molecular complexity index is 1170. The van der Waals surface area contributed by atoms with Gasteiger partial charge >= 0.3 is 0 Å². The van der Waals surface area contributed by atoms with E-state index >= 15 is 0 Å². The first-order chi connectivity index (χ1) is 15.2. The van der Waals surface area contributed by atoms with Gasteiger partial charge in [0, 0.05) is 17.3 Å². The summed E-state index contributed by atoms with van der Waals surface area (Å²) in [7, 11) is 0. The SMILES string of the molecule is NC(=S)NN=Cc1cn(-c2ccccc2)nc1-c1ccc(OCc2ccccc2)cc1. The maximum absolute atomic E-state index is 5.89. The number of para-hydroxylation sites is 1. The second-order valence-electron chi connectivity index (χ2n) is 6.75. The second-order valence-corrected chi connectivity index (χ2v) is 7.19. The van der Waals surface area contributed by atoms with Crippen molar-refractivity contribution in [3.05, 3.63) is 102 Å². The number of hydrazone groups is 1. The van der Waals surface area contributed by atoms with E-state index in [1.165, 1.54) is 0 Å². The average molecular weight is 428 g/mol. The summed E-state index contributed by atoms with van der Waals surface area (Å²) in [6, 6.07) is 27.8. The van der Waals surface area contributed by atoms with E-state index in [9.17, 15) is 0 Å². The van der Waals surface area contributed by atoms with Crippen LogP contribution in [0.5, 0.6) is 5.75 Å². The first-order valence-electron chi connectivity index (χ1n) is 9.70. The fourth-order valence-corrected chi connectivity index (χ4v) is 3.09. The Morgan fingerprint density at radius 3 is 2.35 bits per heavy atom. The summed E-state index contributed by atoms with van der Waals surface area (Å²) in [6.45, 7) is 0.519. The molecule has 4 rings (SSSR count). The van der Waals surface area contributed by atoms with Crippen molar-refractivity contribution in [2.75, 3.05) is 0 Å². The van der Waals surface area contributed by atoms with Gasteiger partial charge in [0.1, 0.15) is 18.1 Å². The van der Waals surface area contributed by atoms with Gasteiger partial charge in [-0.1, -0.05) is 48.5 Å². The van der Waals surface area contributed by atoms with Gasteiger partial charge in [-0.05, 0) is 54.2 Å². The Morgan fingerprint density at radius 1 is 1.00 bits per heavy atom. The van der Waals surface area contributed by atoms with Crippen LogP contribution < -0.4 is 15.9 Å². The zero-order chi connectivity index (χ0) is 21.5. The van der Waals surface area contributed by atoms with Gasteiger partial charge < -0.3 is 10.5 Å². The number of aromatic nitrogens is 2. The van der Waals surface area contributed by atoms with Crippen LogP contribution in [0.25, 0.3) is 16.9 Å². The van der Waals surface area contributed by atoms with Crippen LogP contribution in [0.2, 0.25) is 0 Å². The van der Waals surface area contributed by atoms with E-state index in [2.05, 4.69) is 10.5 Å². The highest BCUT2D eigenvalue weighted by Crippen LogP contribution is 2.25. The van der Waals surface area contributed by atoms with Gasteiger partial charge in [-0.25, -0.2) is 4.68 Å². The van der Waals surface area contributed by atoms with Crippen molar-refractivity contribution in [3.8, 4) is 22.7 Å². The van der Waals surface area contributed by atoms with E-state index in [-0.39, 0.29) is 5.11 Å². The van der Waals surface area contributed by atoms with Crippen molar-refractivity contribution < 1.29 is 4.74 Å². The Hall–Kier alpha value is -3.97. The lowest BCUT2D eigenvalue weighted by Crippen LogP contribution is -2.24. The average Bonchev–Trinajstić information content (AvgIpc) is 3.23. The molecule has 0 aliphatic rings. The lowest BCUT2D eigenvalue weighted by molar-refractivity contribution is 0.306. The summed E-state index contributed by atoms with van der Waals surface area (Å²) in [6.07, 6.45) is 3.57. The van der Waals surface area contributed by atoms with Crippen molar-refractivity contribution in [2.45, 2.75) is 6.61 Å². The van der Waals surface area contributed by atoms with Gasteiger partial charge in [0.05, 0.1) is 11.9 Å². The zero-order valence-corrected chi connectivity index (χ0v) is 17.5. The summed E-state index contributed by atoms with van der Waals surface area (Å²) >= 11 is 4.81. The van der Waals surface area contributed by atoms with Crippen LogP contribution in [0.15, 0.2) is 96.2 Å². The molecule has 1 heterocycles. The Balaban J connectivity index is 1.58. The lowest BCUT2D eigenvalue weighted by Gasteiger charge is -2.07. The first-order valence-corrected chi connectivity index (χ1v) is 10.1. The molecule has 0 aliphatic heterocycles. The highest BCUT2D eigenvalue weighted by Gasteiger charge is 2.11. The zero-order valence-electron chi connectivity index (χ0n) is 16.7. The highest BCUT2D eigenvalue weighted by atomic mass is 32.1. The number of hydrogen-bond acceptors (Lipinski definition) is 4. The molecule has 0 saturated heterocycles. The van der Waals surface area contributed by atoms with Crippen LogP contribution in [-0.2, 0) is 6.61 Å². The van der Waals surface area contributed by atoms with Gasteiger partial charge in [-0.2, -0.15) is 10.2 Å². The van der Waals surface area contributed by atoms with Crippen molar-refractivity contribution >= 4 is 23.5 Å². The monoisotopic (exact) mass is 427 g/mol. The molecule has 0 aliphatic carbocycles. The van der Waals surface area contributed by atoms with E-state index in [0.29, 0.717) is 6.61 Å². The molecular formula is C24H21N5OS. The molecule has 0 spiro atoms. The third kappa shape index (κ3) is 5.34. The van der Waals surface area contributed by atoms with Crippen LogP contribution in [-0.4, -0.2) is 21.1 Å². The lowest BCUT2D eigenvalue weighted by atomic mass is 10.1. The molecule has 7 heteroatoms. The van der Waals surface area contributed by atoms with Crippen molar-refractivity contribution in [1.82, 2.24) is 15.2 Å². The van der Waals surface area contributed by atoms with Gasteiger partial charge in [0.15, 0.2) is 5.11 Å². The molecule has 0 radical (unpaired) electrons. The molecule has 3 aromatic carbocycles. The highest BCUT2D eigenvalue weighted by molar-refractivity contribution is 7.80. The molecule has 0 atom stereocenters. The Labute approximate surface area is 186 Å². The molecule has 3 N–H and O–H groups in total. The molecule has 4 aromatic rings. The summed E-state index contributed by atoms with van der Waals surface area (Å²) < 4.78 is 7.71. The number of rotatable bonds is 7. The minimum Gasteiger partial charge on any atom is -0.489 e. The first kappa shape index (κ1) is 20.3. The predicted octanol–water partition coefficient (Wildman–Crippen LogP) is 4.29. The van der Waals surface area contributed by atoms with Crippen LogP contribution in [0.1, 0.15) is 11.1 Å². The van der Waals surface area contributed by atoms with Crippen molar-refractivity contribution in [1.29, 1.82) is 0 Å². The fraction of sp³-hybridized carbons (Fsp3) is 0.0417. The quantitative estimate of drug-likeness (QED) is 0.261. The van der Waals surface area contributed by atoms with E-state index in [1.54, 1.807) is 6.21 Å². The molecule has 0 unspecified atom stereocenters. The standard InChI is InChI=1S/C24H21N5OS/c25-24(31)27-26-15-20-16-29(21-9-5-2-6-10-21)28-23(20)19-11-13-22(14-12-19)30-17-18-7-3-1-4-8-18/h1-16H,17H2,(H3,25,27,31). The van der Waals surface area contributed by atoms with Crippen molar-refractivity contribution in [2.24, 2.45) is 10.8 Å². The number of hydrogen-bond donors (Lipinski definition) is 2. The summed E-state index contributed by atoms with van der Waals surface area (Å²) in [4.78, 5) is 0.